The van der Waals surface area contributed by atoms with Gasteiger partial charge >= 0.3 is 0 Å². The molecule has 1 heterocycles. The van der Waals surface area contributed by atoms with Crippen molar-refractivity contribution in [2.24, 2.45) is 5.73 Å². The second kappa shape index (κ2) is 7.02. The summed E-state index contributed by atoms with van der Waals surface area (Å²) in [6, 6.07) is 11.2. The predicted octanol–water partition coefficient (Wildman–Crippen LogP) is 2.43. The molecule has 23 heavy (non-hydrogen) atoms. The maximum absolute atomic E-state index is 12.6. The molecule has 1 aliphatic heterocycles. The van der Waals surface area contributed by atoms with Crippen LogP contribution in [-0.4, -0.2) is 35.0 Å². The summed E-state index contributed by atoms with van der Waals surface area (Å²) in [5.41, 5.74) is 7.04. The van der Waals surface area contributed by atoms with Crippen LogP contribution >= 0.6 is 0 Å². The highest BCUT2D eigenvalue weighted by molar-refractivity contribution is 5.86. The van der Waals surface area contributed by atoms with E-state index in [2.05, 4.69) is 41.4 Å². The number of amides is 1. The van der Waals surface area contributed by atoms with E-state index in [4.69, 9.17) is 5.73 Å². The zero-order valence-electron chi connectivity index (χ0n) is 14.1. The molecule has 2 unspecified atom stereocenters. The third-order valence-electron chi connectivity index (χ3n) is 5.47. The van der Waals surface area contributed by atoms with Gasteiger partial charge in [0.2, 0.25) is 5.91 Å². The molecular weight excluding hydrogens is 286 g/mol. The molecule has 1 saturated carbocycles. The van der Waals surface area contributed by atoms with E-state index in [1.807, 2.05) is 6.07 Å². The number of nitrogens with one attached hydrogen (secondary N) is 1. The van der Waals surface area contributed by atoms with Crippen molar-refractivity contribution in [3.8, 4) is 0 Å². The highest BCUT2D eigenvalue weighted by Crippen LogP contribution is 2.27. The van der Waals surface area contributed by atoms with Crippen LogP contribution in [0, 0.1) is 0 Å². The van der Waals surface area contributed by atoms with Gasteiger partial charge in [-0.05, 0) is 31.7 Å². The van der Waals surface area contributed by atoms with Crippen LogP contribution in [0.2, 0.25) is 0 Å². The topological polar surface area (TPSA) is 58.4 Å². The second-order valence-corrected chi connectivity index (χ2v) is 7.39. The Kier molecular flexibility index (Phi) is 5.02. The summed E-state index contributed by atoms with van der Waals surface area (Å²) in [4.78, 5) is 15.0. The molecule has 3 rings (SSSR count). The van der Waals surface area contributed by atoms with E-state index in [1.54, 1.807) is 0 Å². The monoisotopic (exact) mass is 315 g/mol. The third-order valence-corrected chi connectivity index (χ3v) is 5.47. The smallest absolute Gasteiger partial charge is 0.240 e. The van der Waals surface area contributed by atoms with E-state index >= 15 is 0 Å². The molecule has 4 heteroatoms. The van der Waals surface area contributed by atoms with E-state index in [1.165, 1.54) is 12.0 Å². The van der Waals surface area contributed by atoms with Crippen LogP contribution in [0.4, 0.5) is 0 Å². The van der Waals surface area contributed by atoms with Gasteiger partial charge in [-0.25, -0.2) is 0 Å². The van der Waals surface area contributed by atoms with Crippen molar-refractivity contribution in [1.29, 1.82) is 0 Å². The van der Waals surface area contributed by atoms with Crippen LogP contribution in [0.5, 0.6) is 0 Å². The molecule has 2 aliphatic rings. The number of rotatable bonds is 4. The minimum Gasteiger partial charge on any atom is -0.350 e. The fourth-order valence-electron chi connectivity index (χ4n) is 3.98. The molecule has 1 saturated heterocycles. The first-order valence-electron chi connectivity index (χ1n) is 8.95. The number of benzene rings is 1. The van der Waals surface area contributed by atoms with Gasteiger partial charge in [0.15, 0.2) is 0 Å². The van der Waals surface area contributed by atoms with Crippen LogP contribution in [0.1, 0.15) is 51.0 Å². The molecule has 1 aromatic carbocycles. The van der Waals surface area contributed by atoms with Gasteiger partial charge in [0.25, 0.3) is 0 Å². The van der Waals surface area contributed by atoms with Crippen molar-refractivity contribution < 1.29 is 4.79 Å². The summed E-state index contributed by atoms with van der Waals surface area (Å²) < 4.78 is 0. The number of carbonyl (C=O) groups excluding carboxylic acids is 1. The zero-order chi connectivity index (χ0) is 16.3. The SMILES string of the molecule is CC1CC(NC(=O)C2(N)CCCCC2)CN1Cc1ccccc1. The van der Waals surface area contributed by atoms with E-state index in [0.29, 0.717) is 6.04 Å². The van der Waals surface area contributed by atoms with Gasteiger partial charge in [0.1, 0.15) is 0 Å². The molecule has 126 valence electrons. The number of carbonyl (C=O) groups is 1. The zero-order valence-corrected chi connectivity index (χ0v) is 14.1. The molecule has 4 nitrogen and oxygen atoms in total. The first-order chi connectivity index (χ1) is 11.1. The Morgan fingerprint density at radius 2 is 1.96 bits per heavy atom. The first kappa shape index (κ1) is 16.5. The number of nitrogens with zero attached hydrogens (tertiary/aromatic N) is 1. The maximum Gasteiger partial charge on any atom is 0.240 e. The van der Waals surface area contributed by atoms with Crippen molar-refractivity contribution in [3.05, 3.63) is 35.9 Å². The Bertz CT molecular complexity index is 525. The first-order valence-corrected chi connectivity index (χ1v) is 8.95. The summed E-state index contributed by atoms with van der Waals surface area (Å²) in [6.07, 6.45) is 6.02. The summed E-state index contributed by atoms with van der Waals surface area (Å²) >= 11 is 0. The molecule has 0 bridgehead atoms. The van der Waals surface area contributed by atoms with Crippen LogP contribution in [0.15, 0.2) is 30.3 Å². The lowest BCUT2D eigenvalue weighted by atomic mass is 9.81. The lowest BCUT2D eigenvalue weighted by molar-refractivity contribution is -0.128. The molecule has 1 amide bonds. The van der Waals surface area contributed by atoms with E-state index in [9.17, 15) is 4.79 Å². The quantitative estimate of drug-likeness (QED) is 0.897. The minimum atomic E-state index is -0.631. The summed E-state index contributed by atoms with van der Waals surface area (Å²) in [5.74, 6) is 0.0657. The highest BCUT2D eigenvalue weighted by atomic mass is 16.2. The maximum atomic E-state index is 12.6. The van der Waals surface area contributed by atoms with Gasteiger partial charge in [-0.3, -0.25) is 9.69 Å². The molecular formula is C19H29N3O. The summed E-state index contributed by atoms with van der Waals surface area (Å²) in [6.45, 7) is 4.11. The fraction of sp³-hybridized carbons (Fsp3) is 0.632. The Balaban J connectivity index is 1.55. The molecule has 2 atom stereocenters. The van der Waals surface area contributed by atoms with Crippen molar-refractivity contribution >= 4 is 5.91 Å². The van der Waals surface area contributed by atoms with Crippen molar-refractivity contribution in [3.63, 3.8) is 0 Å². The molecule has 2 fully saturated rings. The molecule has 1 aromatic rings. The molecule has 3 N–H and O–H groups in total. The lowest BCUT2D eigenvalue weighted by Crippen LogP contribution is -2.57. The van der Waals surface area contributed by atoms with E-state index < -0.39 is 5.54 Å². The van der Waals surface area contributed by atoms with Crippen molar-refractivity contribution in [1.82, 2.24) is 10.2 Å². The second-order valence-electron chi connectivity index (χ2n) is 7.39. The third kappa shape index (κ3) is 3.93. The van der Waals surface area contributed by atoms with Crippen LogP contribution in [0.25, 0.3) is 0 Å². The summed E-state index contributed by atoms with van der Waals surface area (Å²) in [7, 11) is 0. The van der Waals surface area contributed by atoms with Crippen LogP contribution in [0.3, 0.4) is 0 Å². The Labute approximate surface area is 139 Å². The van der Waals surface area contributed by atoms with Gasteiger partial charge < -0.3 is 11.1 Å². The molecule has 0 radical (unpaired) electrons. The van der Waals surface area contributed by atoms with Crippen LogP contribution in [-0.2, 0) is 11.3 Å². The van der Waals surface area contributed by atoms with Crippen molar-refractivity contribution in [2.75, 3.05) is 6.54 Å². The van der Waals surface area contributed by atoms with Gasteiger partial charge in [-0.15, -0.1) is 0 Å². The number of hydrogen-bond donors (Lipinski definition) is 2. The van der Waals surface area contributed by atoms with Gasteiger partial charge in [0, 0.05) is 25.2 Å². The minimum absolute atomic E-state index is 0.0657. The number of nitrogens with two attached hydrogens (primary N) is 1. The predicted molar refractivity (Wildman–Crippen MR) is 92.9 cm³/mol. The van der Waals surface area contributed by atoms with Crippen molar-refractivity contribution in [2.45, 2.75) is 69.6 Å². The van der Waals surface area contributed by atoms with Gasteiger partial charge in [-0.2, -0.15) is 0 Å². The fourth-order valence-corrected chi connectivity index (χ4v) is 3.98. The Morgan fingerprint density at radius 1 is 1.26 bits per heavy atom. The Hall–Kier alpha value is -1.39. The summed E-state index contributed by atoms with van der Waals surface area (Å²) in [5, 5.41) is 3.23. The van der Waals surface area contributed by atoms with Gasteiger partial charge in [0.05, 0.1) is 5.54 Å². The lowest BCUT2D eigenvalue weighted by Gasteiger charge is -2.33. The number of likely N-dealkylation sites (tertiary alicyclic amines) is 1. The molecule has 1 aliphatic carbocycles. The highest BCUT2D eigenvalue weighted by Gasteiger charge is 2.38. The van der Waals surface area contributed by atoms with Crippen LogP contribution < -0.4 is 11.1 Å². The largest absolute Gasteiger partial charge is 0.350 e. The normalized spacial score (nSPS) is 27.7. The molecule has 0 spiro atoms. The Morgan fingerprint density at radius 3 is 2.65 bits per heavy atom. The van der Waals surface area contributed by atoms with E-state index in [-0.39, 0.29) is 11.9 Å². The number of hydrogen-bond acceptors (Lipinski definition) is 3. The molecule has 0 aromatic heterocycles. The average Bonchev–Trinajstić information content (AvgIpc) is 2.88. The van der Waals surface area contributed by atoms with Gasteiger partial charge in [-0.1, -0.05) is 49.6 Å². The standard InChI is InChI=1S/C19H29N3O/c1-15-12-17(14-22(15)13-16-8-4-2-5-9-16)21-18(23)19(20)10-6-3-7-11-19/h2,4-5,8-9,15,17H,3,6-7,10-14,20H2,1H3,(H,21,23). The average molecular weight is 315 g/mol. The van der Waals surface area contributed by atoms with E-state index in [0.717, 1.165) is 45.2 Å².